The van der Waals surface area contributed by atoms with Crippen molar-refractivity contribution in [2.75, 3.05) is 4.90 Å². The van der Waals surface area contributed by atoms with Gasteiger partial charge >= 0.3 is 6.09 Å². The van der Waals surface area contributed by atoms with E-state index in [9.17, 15) is 9.59 Å². The van der Waals surface area contributed by atoms with Gasteiger partial charge in [-0.05, 0) is 42.1 Å². The number of halogens is 1. The van der Waals surface area contributed by atoms with Gasteiger partial charge in [-0.15, -0.1) is 0 Å². The molecule has 2 heterocycles. The van der Waals surface area contributed by atoms with Crippen LogP contribution < -0.4 is 4.90 Å². The molecule has 0 spiro atoms. The molecule has 7 nitrogen and oxygen atoms in total. The fourth-order valence-corrected chi connectivity index (χ4v) is 2.61. The van der Waals surface area contributed by atoms with Gasteiger partial charge in [-0.2, -0.15) is 4.90 Å². The zero-order chi connectivity index (χ0) is 19.0. The number of nitrogens with zero attached hydrogens (tertiary/aromatic N) is 3. The zero-order valence-electron chi connectivity index (χ0n) is 15.3. The number of fused-ring (bicyclic) bond motifs is 1. The van der Waals surface area contributed by atoms with E-state index in [1.54, 1.807) is 20.8 Å². The lowest BCUT2D eigenvalue weighted by molar-refractivity contribution is -0.120. The Morgan fingerprint density at radius 3 is 2.40 bits per heavy atom. The van der Waals surface area contributed by atoms with Gasteiger partial charge in [0.15, 0.2) is 5.82 Å². The standard InChI is InChI=1S/C17H23BrN4O3/c1-16(2,3)7-11(23)22(15(24)25-17(4,5)6)14-13-12(20-9-21-13)10(18)8-19-14/h8-9H,7H2,1-6H3,(H,20,21). The largest absolute Gasteiger partial charge is 0.443 e. The zero-order valence-corrected chi connectivity index (χ0v) is 16.9. The third kappa shape index (κ3) is 4.78. The van der Waals surface area contributed by atoms with Crippen molar-refractivity contribution in [3.8, 4) is 0 Å². The summed E-state index contributed by atoms with van der Waals surface area (Å²) < 4.78 is 6.09. The maximum atomic E-state index is 12.9. The van der Waals surface area contributed by atoms with Crippen molar-refractivity contribution in [3.63, 3.8) is 0 Å². The van der Waals surface area contributed by atoms with Crippen LogP contribution in [0.5, 0.6) is 0 Å². The smallest absolute Gasteiger partial charge is 0.423 e. The van der Waals surface area contributed by atoms with Gasteiger partial charge < -0.3 is 9.72 Å². The van der Waals surface area contributed by atoms with Gasteiger partial charge in [-0.1, -0.05) is 20.8 Å². The average molecular weight is 411 g/mol. The number of pyridine rings is 1. The Morgan fingerprint density at radius 2 is 1.84 bits per heavy atom. The number of H-pyrrole nitrogens is 1. The number of amides is 2. The molecule has 2 amide bonds. The summed E-state index contributed by atoms with van der Waals surface area (Å²) in [6.45, 7) is 11.0. The Labute approximate surface area is 155 Å². The summed E-state index contributed by atoms with van der Waals surface area (Å²) in [5, 5.41) is 0. The lowest BCUT2D eigenvalue weighted by atomic mass is 9.91. The van der Waals surface area contributed by atoms with Crippen LogP contribution in [0.4, 0.5) is 10.6 Å². The number of rotatable bonds is 2. The van der Waals surface area contributed by atoms with E-state index in [4.69, 9.17) is 4.74 Å². The SMILES string of the molecule is CC(C)(C)CC(=O)N(C(=O)OC(C)(C)C)c1ncc(Br)c2nc[nH]c12. The van der Waals surface area contributed by atoms with Crippen LogP contribution in [0.2, 0.25) is 0 Å². The van der Waals surface area contributed by atoms with Crippen LogP contribution in [0.15, 0.2) is 17.0 Å². The molecule has 0 bridgehead atoms. The minimum Gasteiger partial charge on any atom is -0.443 e. The first-order chi connectivity index (χ1) is 11.4. The normalized spacial score (nSPS) is 12.3. The molecule has 0 saturated heterocycles. The van der Waals surface area contributed by atoms with E-state index >= 15 is 0 Å². The number of ether oxygens (including phenoxy) is 1. The van der Waals surface area contributed by atoms with E-state index in [1.807, 2.05) is 20.8 Å². The Morgan fingerprint density at radius 1 is 1.20 bits per heavy atom. The molecule has 0 atom stereocenters. The number of anilines is 1. The first kappa shape index (κ1) is 19.4. The van der Waals surface area contributed by atoms with Crippen LogP contribution in [0.25, 0.3) is 11.0 Å². The highest BCUT2D eigenvalue weighted by molar-refractivity contribution is 9.10. The molecular formula is C17H23BrN4O3. The number of hydrogen-bond donors (Lipinski definition) is 1. The molecule has 0 radical (unpaired) electrons. The molecule has 0 aliphatic carbocycles. The molecule has 1 N–H and O–H groups in total. The van der Waals surface area contributed by atoms with Gasteiger partial charge in [0, 0.05) is 12.6 Å². The van der Waals surface area contributed by atoms with Gasteiger partial charge in [0.1, 0.15) is 16.6 Å². The van der Waals surface area contributed by atoms with Crippen LogP contribution in [-0.2, 0) is 9.53 Å². The van der Waals surface area contributed by atoms with Crippen molar-refractivity contribution in [3.05, 3.63) is 17.0 Å². The maximum absolute atomic E-state index is 12.9. The Bertz CT molecular complexity index is 774. The third-order valence-electron chi connectivity index (χ3n) is 3.11. The summed E-state index contributed by atoms with van der Waals surface area (Å²) in [6, 6.07) is 0. The maximum Gasteiger partial charge on any atom is 0.423 e. The van der Waals surface area contributed by atoms with Crippen molar-refractivity contribution in [1.29, 1.82) is 0 Å². The van der Waals surface area contributed by atoms with Crippen molar-refractivity contribution in [2.24, 2.45) is 5.41 Å². The van der Waals surface area contributed by atoms with Gasteiger partial charge in [0.05, 0.1) is 10.8 Å². The molecule has 0 aromatic carbocycles. The second kappa shape index (κ2) is 6.74. The fraction of sp³-hybridized carbons (Fsp3) is 0.529. The quantitative estimate of drug-likeness (QED) is 0.790. The lowest BCUT2D eigenvalue weighted by Gasteiger charge is -2.28. The summed E-state index contributed by atoms with van der Waals surface area (Å²) in [4.78, 5) is 38.0. The molecular weight excluding hydrogens is 388 g/mol. The number of imidazole rings is 1. The molecule has 8 heteroatoms. The molecule has 0 saturated carbocycles. The first-order valence-electron chi connectivity index (χ1n) is 7.92. The molecule has 0 aliphatic rings. The number of carbonyl (C=O) groups excluding carboxylic acids is 2. The van der Waals surface area contributed by atoms with Crippen LogP contribution in [-0.4, -0.2) is 32.6 Å². The average Bonchev–Trinajstić information content (AvgIpc) is 2.87. The van der Waals surface area contributed by atoms with Gasteiger partial charge in [-0.25, -0.2) is 14.8 Å². The summed E-state index contributed by atoms with van der Waals surface area (Å²) in [5.74, 6) is -0.202. The van der Waals surface area contributed by atoms with Crippen LogP contribution in [0.1, 0.15) is 48.0 Å². The molecule has 2 aromatic rings. The Balaban J connectivity index is 2.53. The number of aromatic nitrogens is 3. The summed E-state index contributed by atoms with van der Waals surface area (Å²) in [6.07, 6.45) is 2.41. The van der Waals surface area contributed by atoms with Crippen molar-refractivity contribution < 1.29 is 14.3 Å². The van der Waals surface area contributed by atoms with Gasteiger partial charge in [0.2, 0.25) is 5.91 Å². The van der Waals surface area contributed by atoms with Gasteiger partial charge in [0.25, 0.3) is 0 Å². The predicted molar refractivity (Wildman–Crippen MR) is 99.4 cm³/mol. The lowest BCUT2D eigenvalue weighted by Crippen LogP contribution is -2.42. The number of aromatic amines is 1. The minimum atomic E-state index is -0.757. The predicted octanol–water partition coefficient (Wildman–Crippen LogP) is 4.42. The molecule has 0 fully saturated rings. The number of nitrogens with one attached hydrogen (secondary N) is 1. The summed E-state index contributed by atoms with van der Waals surface area (Å²) >= 11 is 3.37. The minimum absolute atomic E-state index is 0.166. The Hall–Kier alpha value is -1.96. The van der Waals surface area contributed by atoms with Crippen molar-refractivity contribution in [1.82, 2.24) is 15.0 Å². The monoisotopic (exact) mass is 410 g/mol. The molecule has 136 valence electrons. The highest BCUT2D eigenvalue weighted by atomic mass is 79.9. The van der Waals surface area contributed by atoms with E-state index in [0.29, 0.717) is 15.5 Å². The Kier molecular flexibility index (Phi) is 5.22. The first-order valence-corrected chi connectivity index (χ1v) is 8.72. The topological polar surface area (TPSA) is 88.2 Å². The molecule has 0 unspecified atom stereocenters. The van der Waals surface area contributed by atoms with Crippen LogP contribution in [0.3, 0.4) is 0 Å². The summed E-state index contributed by atoms with van der Waals surface area (Å²) in [7, 11) is 0. The number of imide groups is 1. The molecule has 25 heavy (non-hydrogen) atoms. The van der Waals surface area contributed by atoms with Crippen molar-refractivity contribution in [2.45, 2.75) is 53.6 Å². The molecule has 2 aromatic heterocycles. The van der Waals surface area contributed by atoms with E-state index in [-0.39, 0.29) is 23.6 Å². The van der Waals surface area contributed by atoms with E-state index < -0.39 is 11.7 Å². The highest BCUT2D eigenvalue weighted by Gasteiger charge is 2.33. The second-order valence-corrected chi connectivity index (χ2v) is 8.86. The van der Waals surface area contributed by atoms with E-state index in [0.717, 1.165) is 4.90 Å². The summed E-state index contributed by atoms with van der Waals surface area (Å²) in [5.41, 5.74) is 0.0456. The van der Waals surface area contributed by atoms with Crippen LogP contribution in [0, 0.1) is 5.41 Å². The second-order valence-electron chi connectivity index (χ2n) is 8.00. The van der Waals surface area contributed by atoms with Crippen LogP contribution >= 0.6 is 15.9 Å². The third-order valence-corrected chi connectivity index (χ3v) is 3.69. The highest BCUT2D eigenvalue weighted by Crippen LogP contribution is 2.30. The fourth-order valence-electron chi connectivity index (χ4n) is 2.21. The van der Waals surface area contributed by atoms with Crippen molar-refractivity contribution >= 4 is 44.8 Å². The molecule has 0 aliphatic heterocycles. The number of hydrogen-bond acceptors (Lipinski definition) is 5. The number of carbonyl (C=O) groups is 2. The van der Waals surface area contributed by atoms with Gasteiger partial charge in [-0.3, -0.25) is 4.79 Å². The van der Waals surface area contributed by atoms with E-state index in [2.05, 4.69) is 30.9 Å². The van der Waals surface area contributed by atoms with E-state index in [1.165, 1.54) is 12.5 Å². The molecule has 2 rings (SSSR count).